The summed E-state index contributed by atoms with van der Waals surface area (Å²) < 4.78 is 35.4. The molecular weight excluding hydrogens is 290 g/mol. The number of anilines is 1. The number of benzene rings is 1. The van der Waals surface area contributed by atoms with Gasteiger partial charge in [0.2, 0.25) is 0 Å². The lowest BCUT2D eigenvalue weighted by molar-refractivity contribution is -0.384. The van der Waals surface area contributed by atoms with Crippen LogP contribution in [0.15, 0.2) is 18.2 Å². The van der Waals surface area contributed by atoms with Crippen LogP contribution in [-0.2, 0) is 13.6 Å². The van der Waals surface area contributed by atoms with Crippen LogP contribution in [0.1, 0.15) is 13.8 Å². The smallest absolute Gasteiger partial charge is 0.349 e. The predicted octanol–water partition coefficient (Wildman–Crippen LogP) is 3.37. The Morgan fingerprint density at radius 3 is 2.45 bits per heavy atom. The molecule has 1 aromatic carbocycles. The lowest BCUT2D eigenvalue weighted by atomic mass is 10.2. The minimum atomic E-state index is -3.41. The molecule has 0 heterocycles. The second kappa shape index (κ2) is 7.33. The van der Waals surface area contributed by atoms with Crippen molar-refractivity contribution in [3.63, 3.8) is 0 Å². The van der Waals surface area contributed by atoms with Gasteiger partial charge >= 0.3 is 7.60 Å². The van der Waals surface area contributed by atoms with Crippen LogP contribution in [0.5, 0.6) is 0 Å². The minimum Gasteiger partial charge on any atom is -0.368 e. The molecule has 0 fully saturated rings. The fraction of sp³-hybridized carbons (Fsp3) is 0.455. The molecule has 0 radical (unpaired) electrons. The molecule has 0 atom stereocenters. The number of nitro benzene ring substituents is 1. The number of nitrogens with zero attached hydrogens (tertiary/aromatic N) is 1. The quantitative estimate of drug-likeness (QED) is 0.450. The van der Waals surface area contributed by atoms with Gasteiger partial charge in [-0.05, 0) is 19.9 Å². The molecule has 0 aliphatic carbocycles. The molecule has 0 saturated heterocycles. The summed E-state index contributed by atoms with van der Waals surface area (Å²) in [7, 11) is -3.41. The van der Waals surface area contributed by atoms with Crippen molar-refractivity contribution in [1.29, 1.82) is 0 Å². The molecule has 0 unspecified atom stereocenters. The molecule has 20 heavy (non-hydrogen) atoms. The first-order valence-corrected chi connectivity index (χ1v) is 7.70. The summed E-state index contributed by atoms with van der Waals surface area (Å²) in [5, 5.41) is 13.4. The van der Waals surface area contributed by atoms with Gasteiger partial charge in [-0.15, -0.1) is 0 Å². The highest BCUT2D eigenvalue weighted by Gasteiger charge is 2.25. The van der Waals surface area contributed by atoms with Crippen LogP contribution in [0.4, 0.5) is 15.8 Å². The number of nitro groups is 1. The normalized spacial score (nSPS) is 11.3. The summed E-state index contributed by atoms with van der Waals surface area (Å²) >= 11 is 0. The predicted molar refractivity (Wildman–Crippen MR) is 72.4 cm³/mol. The first-order valence-electron chi connectivity index (χ1n) is 5.97. The number of nitrogens with one attached hydrogen (secondary N) is 1. The zero-order valence-corrected chi connectivity index (χ0v) is 12.1. The first kappa shape index (κ1) is 16.6. The molecule has 0 amide bonds. The number of hydrogen-bond donors (Lipinski definition) is 1. The van der Waals surface area contributed by atoms with E-state index in [0.717, 1.165) is 18.2 Å². The Balaban J connectivity index is 2.90. The van der Waals surface area contributed by atoms with Crippen molar-refractivity contribution in [2.24, 2.45) is 0 Å². The van der Waals surface area contributed by atoms with E-state index in [1.807, 2.05) is 0 Å². The largest absolute Gasteiger partial charge is 0.368 e. The highest BCUT2D eigenvalue weighted by Crippen LogP contribution is 2.47. The molecular formula is C11H16FN2O5P. The molecule has 0 spiro atoms. The Labute approximate surface area is 115 Å². The van der Waals surface area contributed by atoms with Crippen LogP contribution in [0.25, 0.3) is 0 Å². The van der Waals surface area contributed by atoms with Gasteiger partial charge in [0.25, 0.3) is 5.69 Å². The van der Waals surface area contributed by atoms with Gasteiger partial charge in [-0.1, -0.05) is 0 Å². The highest BCUT2D eigenvalue weighted by molar-refractivity contribution is 7.53. The summed E-state index contributed by atoms with van der Waals surface area (Å²) in [5.74, 6) is -0.638. The molecule has 1 rings (SSSR count). The van der Waals surface area contributed by atoms with Crippen molar-refractivity contribution in [2.45, 2.75) is 13.8 Å². The van der Waals surface area contributed by atoms with Crippen molar-refractivity contribution in [2.75, 3.05) is 24.8 Å². The van der Waals surface area contributed by atoms with Crippen molar-refractivity contribution in [1.82, 2.24) is 0 Å². The maximum atomic E-state index is 13.1. The lowest BCUT2D eigenvalue weighted by Gasteiger charge is -2.17. The molecule has 0 aliphatic rings. The highest BCUT2D eigenvalue weighted by atomic mass is 31.2. The lowest BCUT2D eigenvalue weighted by Crippen LogP contribution is -2.09. The van der Waals surface area contributed by atoms with Crippen LogP contribution in [0.2, 0.25) is 0 Å². The zero-order valence-electron chi connectivity index (χ0n) is 11.2. The Kier molecular flexibility index (Phi) is 6.06. The summed E-state index contributed by atoms with van der Waals surface area (Å²) in [5.41, 5.74) is -0.388. The average molecular weight is 306 g/mol. The maximum Gasteiger partial charge on any atom is 0.349 e. The van der Waals surface area contributed by atoms with Gasteiger partial charge < -0.3 is 14.4 Å². The van der Waals surface area contributed by atoms with Crippen LogP contribution < -0.4 is 5.32 Å². The van der Waals surface area contributed by atoms with Crippen LogP contribution in [0, 0.1) is 15.9 Å². The Hall–Kier alpha value is -1.50. The van der Waals surface area contributed by atoms with Gasteiger partial charge in [-0.2, -0.15) is 0 Å². The maximum absolute atomic E-state index is 13.1. The van der Waals surface area contributed by atoms with E-state index in [0.29, 0.717) is 0 Å². The SMILES string of the molecule is CCOP(=O)(CNc1cc(F)ccc1[N+](=O)[O-])OCC. The minimum absolute atomic E-state index is 0.0744. The number of hydrogen-bond acceptors (Lipinski definition) is 6. The third-order valence-corrected chi connectivity index (χ3v) is 4.12. The molecule has 7 nitrogen and oxygen atoms in total. The summed E-state index contributed by atoms with van der Waals surface area (Å²) in [4.78, 5) is 10.2. The molecule has 0 aliphatic heterocycles. The van der Waals surface area contributed by atoms with Crippen molar-refractivity contribution >= 4 is 19.0 Å². The third-order valence-electron chi connectivity index (χ3n) is 2.27. The second-order valence-corrected chi connectivity index (χ2v) is 5.75. The van der Waals surface area contributed by atoms with Gasteiger partial charge in [-0.3, -0.25) is 14.7 Å². The summed E-state index contributed by atoms with van der Waals surface area (Å²) in [6.45, 7) is 3.64. The van der Waals surface area contributed by atoms with Crippen molar-refractivity contribution in [3.8, 4) is 0 Å². The summed E-state index contributed by atoms with van der Waals surface area (Å²) in [6.07, 6.45) is -0.279. The fourth-order valence-corrected chi connectivity index (χ4v) is 2.92. The van der Waals surface area contributed by atoms with E-state index in [4.69, 9.17) is 9.05 Å². The average Bonchev–Trinajstić information content (AvgIpc) is 2.37. The first-order chi connectivity index (χ1) is 9.41. The van der Waals surface area contributed by atoms with E-state index in [9.17, 15) is 19.1 Å². The van der Waals surface area contributed by atoms with Crippen LogP contribution >= 0.6 is 7.60 Å². The molecule has 0 bridgehead atoms. The molecule has 0 aromatic heterocycles. The van der Waals surface area contributed by atoms with E-state index in [-0.39, 0.29) is 30.9 Å². The molecule has 112 valence electrons. The van der Waals surface area contributed by atoms with E-state index >= 15 is 0 Å². The topological polar surface area (TPSA) is 90.7 Å². The molecule has 0 saturated carbocycles. The van der Waals surface area contributed by atoms with Gasteiger partial charge in [0.05, 0.1) is 18.1 Å². The number of halogens is 1. The van der Waals surface area contributed by atoms with E-state index < -0.39 is 18.3 Å². The van der Waals surface area contributed by atoms with Gasteiger partial charge in [0.15, 0.2) is 0 Å². The zero-order chi connectivity index (χ0) is 15.2. The fourth-order valence-electron chi connectivity index (χ4n) is 1.51. The van der Waals surface area contributed by atoms with Gasteiger partial charge in [0, 0.05) is 12.1 Å². The Morgan fingerprint density at radius 2 is 1.95 bits per heavy atom. The molecule has 1 N–H and O–H groups in total. The Morgan fingerprint density at radius 1 is 1.35 bits per heavy atom. The van der Waals surface area contributed by atoms with E-state index in [1.165, 1.54) is 0 Å². The third kappa shape index (κ3) is 4.56. The summed E-state index contributed by atoms with van der Waals surface area (Å²) in [6, 6.07) is 2.97. The molecule has 1 aromatic rings. The van der Waals surface area contributed by atoms with Crippen molar-refractivity contribution < 1.29 is 22.9 Å². The second-order valence-electron chi connectivity index (χ2n) is 3.70. The van der Waals surface area contributed by atoms with E-state index in [1.54, 1.807) is 13.8 Å². The number of rotatable bonds is 8. The van der Waals surface area contributed by atoms with Crippen LogP contribution in [0.3, 0.4) is 0 Å². The van der Waals surface area contributed by atoms with E-state index in [2.05, 4.69) is 5.32 Å². The molecule has 9 heteroatoms. The van der Waals surface area contributed by atoms with Gasteiger partial charge in [-0.25, -0.2) is 4.39 Å². The van der Waals surface area contributed by atoms with Crippen molar-refractivity contribution in [3.05, 3.63) is 34.1 Å². The van der Waals surface area contributed by atoms with Crippen LogP contribution in [-0.4, -0.2) is 24.4 Å². The van der Waals surface area contributed by atoms with Gasteiger partial charge in [0.1, 0.15) is 17.8 Å². The monoisotopic (exact) mass is 306 g/mol. The Bertz CT molecular complexity index is 516. The standard InChI is InChI=1S/C11H16FN2O5P/c1-3-18-20(17,19-4-2)8-13-10-7-9(12)5-6-11(10)14(15)16/h5-7,13H,3-4,8H2,1-2H3.